The minimum absolute atomic E-state index is 0.200. The van der Waals surface area contributed by atoms with Crippen LogP contribution in [0.4, 0.5) is 0 Å². The first kappa shape index (κ1) is 12.1. The molecular formula is C9H13N3O4S. The summed E-state index contributed by atoms with van der Waals surface area (Å²) in [6.07, 6.45) is 3.55. The number of hydrogen-bond acceptors (Lipinski definition) is 4. The number of carboxylic acid groups (broad SMARTS) is 1. The number of aromatic amines is 1. The van der Waals surface area contributed by atoms with Gasteiger partial charge in [0.15, 0.2) is 0 Å². The van der Waals surface area contributed by atoms with Crippen LogP contribution >= 0.6 is 0 Å². The predicted octanol–water partition coefficient (Wildman–Crippen LogP) is 0.0375. The van der Waals surface area contributed by atoms with E-state index in [9.17, 15) is 13.2 Å². The molecule has 1 fully saturated rings. The van der Waals surface area contributed by atoms with Gasteiger partial charge in [-0.15, -0.1) is 0 Å². The van der Waals surface area contributed by atoms with Crippen LogP contribution in [0.2, 0.25) is 0 Å². The van der Waals surface area contributed by atoms with Gasteiger partial charge in [-0.3, -0.25) is 4.79 Å². The molecule has 0 unspecified atom stereocenters. The summed E-state index contributed by atoms with van der Waals surface area (Å²) in [6, 6.07) is 0. The lowest BCUT2D eigenvalue weighted by Gasteiger charge is -2.29. The molecule has 1 saturated heterocycles. The summed E-state index contributed by atoms with van der Waals surface area (Å²) < 4.78 is 25.4. The molecule has 0 spiro atoms. The Labute approximate surface area is 98.5 Å². The molecule has 1 aliphatic rings. The molecular weight excluding hydrogens is 246 g/mol. The van der Waals surface area contributed by atoms with E-state index in [2.05, 4.69) is 9.97 Å². The number of sulfonamides is 1. The quantitative estimate of drug-likeness (QED) is 0.797. The second-order valence-corrected chi connectivity index (χ2v) is 5.93. The van der Waals surface area contributed by atoms with Crippen LogP contribution in [0.25, 0.3) is 0 Å². The molecule has 2 rings (SSSR count). The van der Waals surface area contributed by atoms with Crippen LogP contribution in [-0.4, -0.2) is 45.9 Å². The Morgan fingerprint density at radius 3 is 2.88 bits per heavy atom. The maximum Gasteiger partial charge on any atom is 0.324 e. The SMILES string of the molecule is C[C@]1(C(=O)O)CCCN1S(=O)(=O)c1ncc[nH]1. The topological polar surface area (TPSA) is 103 Å². The van der Waals surface area contributed by atoms with Crippen molar-refractivity contribution in [3.05, 3.63) is 12.4 Å². The monoisotopic (exact) mass is 259 g/mol. The van der Waals surface area contributed by atoms with Crippen LogP contribution < -0.4 is 0 Å². The maximum atomic E-state index is 12.2. The van der Waals surface area contributed by atoms with E-state index < -0.39 is 21.5 Å². The Morgan fingerprint density at radius 1 is 1.65 bits per heavy atom. The molecule has 0 saturated carbocycles. The maximum absolute atomic E-state index is 12.2. The second-order valence-electron chi connectivity index (χ2n) is 4.15. The van der Waals surface area contributed by atoms with E-state index in [0.717, 1.165) is 4.31 Å². The summed E-state index contributed by atoms with van der Waals surface area (Å²) in [7, 11) is -3.86. The van der Waals surface area contributed by atoms with Gasteiger partial charge in [0, 0.05) is 18.9 Å². The number of hydrogen-bond donors (Lipinski definition) is 2. The first-order valence-corrected chi connectivity index (χ1v) is 6.59. The summed E-state index contributed by atoms with van der Waals surface area (Å²) in [5, 5.41) is 8.95. The lowest BCUT2D eigenvalue weighted by atomic mass is 10.0. The minimum atomic E-state index is -3.86. The van der Waals surface area contributed by atoms with Crippen LogP contribution in [0.5, 0.6) is 0 Å². The van der Waals surface area contributed by atoms with E-state index in [4.69, 9.17) is 5.11 Å². The zero-order valence-electron chi connectivity index (χ0n) is 9.25. The van der Waals surface area contributed by atoms with Gasteiger partial charge in [-0.05, 0) is 19.8 Å². The van der Waals surface area contributed by atoms with Gasteiger partial charge >= 0.3 is 5.97 Å². The normalized spacial score (nSPS) is 26.2. The number of carboxylic acids is 1. The number of rotatable bonds is 3. The molecule has 0 aromatic carbocycles. The minimum Gasteiger partial charge on any atom is -0.480 e. The van der Waals surface area contributed by atoms with Crippen LogP contribution in [0, 0.1) is 0 Å². The Bertz CT molecular complexity index is 524. The summed E-state index contributed by atoms with van der Waals surface area (Å²) in [5.74, 6) is -1.13. The Hall–Kier alpha value is -1.41. The average molecular weight is 259 g/mol. The third-order valence-corrected chi connectivity index (χ3v) is 4.92. The molecule has 94 valence electrons. The van der Waals surface area contributed by atoms with Gasteiger partial charge in [-0.1, -0.05) is 0 Å². The fourth-order valence-corrected chi connectivity index (χ4v) is 3.72. The highest BCUT2D eigenvalue weighted by Gasteiger charge is 2.50. The molecule has 0 radical (unpaired) electrons. The van der Waals surface area contributed by atoms with Gasteiger partial charge in [0.2, 0.25) is 5.16 Å². The number of nitrogens with zero attached hydrogens (tertiary/aromatic N) is 2. The molecule has 1 aliphatic heterocycles. The number of H-pyrrole nitrogens is 1. The molecule has 7 nitrogen and oxygen atoms in total. The van der Waals surface area contributed by atoms with Gasteiger partial charge in [0.1, 0.15) is 5.54 Å². The second kappa shape index (κ2) is 3.81. The third kappa shape index (κ3) is 1.73. The van der Waals surface area contributed by atoms with Crippen molar-refractivity contribution in [2.24, 2.45) is 0 Å². The van der Waals surface area contributed by atoms with E-state index in [1.165, 1.54) is 19.3 Å². The molecule has 1 aromatic heterocycles. The highest BCUT2D eigenvalue weighted by molar-refractivity contribution is 7.89. The van der Waals surface area contributed by atoms with Crippen molar-refractivity contribution in [2.75, 3.05) is 6.54 Å². The van der Waals surface area contributed by atoms with Crippen molar-refractivity contribution in [3.63, 3.8) is 0 Å². The summed E-state index contributed by atoms with van der Waals surface area (Å²) in [5.41, 5.74) is -1.38. The van der Waals surface area contributed by atoms with Gasteiger partial charge in [0.25, 0.3) is 10.0 Å². The van der Waals surface area contributed by atoms with E-state index in [1.807, 2.05) is 0 Å². The number of aromatic nitrogens is 2. The zero-order chi connectivity index (χ0) is 12.7. The van der Waals surface area contributed by atoms with Gasteiger partial charge in [-0.2, -0.15) is 4.31 Å². The van der Waals surface area contributed by atoms with E-state index in [-0.39, 0.29) is 11.7 Å². The standard InChI is InChI=1S/C9H13N3O4S/c1-9(7(13)14)3-2-6-12(9)17(15,16)8-10-4-5-11-8/h4-5H,2-3,6H2,1H3,(H,10,11)(H,13,14)/t9-/m1/s1. The molecule has 17 heavy (non-hydrogen) atoms. The summed E-state index contributed by atoms with van der Waals surface area (Å²) >= 11 is 0. The first-order chi connectivity index (χ1) is 7.89. The highest BCUT2D eigenvalue weighted by atomic mass is 32.2. The average Bonchev–Trinajstić information content (AvgIpc) is 2.85. The Morgan fingerprint density at radius 2 is 2.35 bits per heavy atom. The lowest BCUT2D eigenvalue weighted by molar-refractivity contribution is -0.146. The number of imidazole rings is 1. The molecule has 1 aromatic rings. The molecule has 2 N–H and O–H groups in total. The van der Waals surface area contributed by atoms with Crippen molar-refractivity contribution in [2.45, 2.75) is 30.5 Å². The highest BCUT2D eigenvalue weighted by Crippen LogP contribution is 2.33. The lowest BCUT2D eigenvalue weighted by Crippen LogP contribution is -2.50. The molecule has 0 amide bonds. The molecule has 1 atom stereocenters. The van der Waals surface area contributed by atoms with Gasteiger partial charge < -0.3 is 10.1 Å². The number of aliphatic carboxylic acids is 1. The molecule has 2 heterocycles. The van der Waals surface area contributed by atoms with E-state index in [1.54, 1.807) is 0 Å². The van der Waals surface area contributed by atoms with Crippen molar-refractivity contribution < 1.29 is 18.3 Å². The van der Waals surface area contributed by atoms with E-state index in [0.29, 0.717) is 12.8 Å². The smallest absolute Gasteiger partial charge is 0.324 e. The predicted molar refractivity (Wildman–Crippen MR) is 57.8 cm³/mol. The Balaban J connectivity index is 2.44. The largest absolute Gasteiger partial charge is 0.480 e. The van der Waals surface area contributed by atoms with Crippen LogP contribution in [0.3, 0.4) is 0 Å². The fraction of sp³-hybridized carbons (Fsp3) is 0.556. The van der Waals surface area contributed by atoms with Crippen LogP contribution in [0.1, 0.15) is 19.8 Å². The first-order valence-electron chi connectivity index (χ1n) is 5.14. The van der Waals surface area contributed by atoms with Crippen molar-refractivity contribution in [1.29, 1.82) is 0 Å². The third-order valence-electron chi connectivity index (χ3n) is 3.04. The number of nitrogens with one attached hydrogen (secondary N) is 1. The van der Waals surface area contributed by atoms with Crippen molar-refractivity contribution in [3.8, 4) is 0 Å². The van der Waals surface area contributed by atoms with Gasteiger partial charge in [-0.25, -0.2) is 13.4 Å². The van der Waals surface area contributed by atoms with Crippen LogP contribution in [0.15, 0.2) is 17.6 Å². The van der Waals surface area contributed by atoms with Crippen molar-refractivity contribution >= 4 is 16.0 Å². The Kier molecular flexibility index (Phi) is 2.70. The zero-order valence-corrected chi connectivity index (χ0v) is 10.1. The van der Waals surface area contributed by atoms with E-state index >= 15 is 0 Å². The number of carbonyl (C=O) groups is 1. The van der Waals surface area contributed by atoms with Crippen LogP contribution in [-0.2, 0) is 14.8 Å². The van der Waals surface area contributed by atoms with Crippen molar-refractivity contribution in [1.82, 2.24) is 14.3 Å². The summed E-state index contributed by atoms with van der Waals surface area (Å²) in [4.78, 5) is 17.4. The fourth-order valence-electron chi connectivity index (χ4n) is 2.03. The molecule has 8 heteroatoms. The molecule has 0 bridgehead atoms. The van der Waals surface area contributed by atoms with Gasteiger partial charge in [0.05, 0.1) is 0 Å². The molecule has 0 aliphatic carbocycles. The summed E-state index contributed by atoms with van der Waals surface area (Å²) in [6.45, 7) is 1.62.